The molecule has 0 bridgehead atoms. The van der Waals surface area contributed by atoms with Gasteiger partial charge in [-0.25, -0.2) is 0 Å². The molecule has 0 atom stereocenters. The second-order valence-corrected chi connectivity index (χ2v) is 2.93. The van der Waals surface area contributed by atoms with Crippen LogP contribution in [0.25, 0.3) is 0 Å². The SMILES string of the molecule is CCn1ccc(C(C)C)c1. The molecule has 0 radical (unpaired) electrons. The smallest absolute Gasteiger partial charge is 0.0191 e. The second kappa shape index (κ2) is 2.91. The summed E-state index contributed by atoms with van der Waals surface area (Å²) in [5.74, 6) is 0.660. The first kappa shape index (κ1) is 7.39. The fourth-order valence-electron chi connectivity index (χ4n) is 0.998. The molecule has 0 aliphatic carbocycles. The molecule has 0 spiro atoms. The first-order valence-electron chi connectivity index (χ1n) is 3.89. The summed E-state index contributed by atoms with van der Waals surface area (Å²) >= 11 is 0. The normalized spacial score (nSPS) is 10.8. The predicted octanol–water partition coefficient (Wildman–Crippen LogP) is 2.63. The quantitative estimate of drug-likeness (QED) is 0.590. The maximum atomic E-state index is 2.22. The van der Waals surface area contributed by atoms with E-state index in [0.717, 1.165) is 6.54 Å². The van der Waals surface area contributed by atoms with E-state index in [1.54, 1.807) is 0 Å². The van der Waals surface area contributed by atoms with E-state index in [1.165, 1.54) is 5.56 Å². The molecule has 1 aromatic rings. The average Bonchev–Trinajstić information content (AvgIpc) is 2.34. The number of hydrogen-bond acceptors (Lipinski definition) is 0. The van der Waals surface area contributed by atoms with Gasteiger partial charge in [0, 0.05) is 18.9 Å². The van der Waals surface area contributed by atoms with Crippen molar-refractivity contribution in [1.82, 2.24) is 4.57 Å². The van der Waals surface area contributed by atoms with Gasteiger partial charge in [0.25, 0.3) is 0 Å². The Hall–Kier alpha value is -0.720. The number of aromatic nitrogens is 1. The van der Waals surface area contributed by atoms with Gasteiger partial charge < -0.3 is 4.57 Å². The van der Waals surface area contributed by atoms with Crippen molar-refractivity contribution >= 4 is 0 Å². The Kier molecular flexibility index (Phi) is 2.15. The summed E-state index contributed by atoms with van der Waals surface area (Å²) in [6, 6.07) is 2.19. The van der Waals surface area contributed by atoms with Crippen LogP contribution in [0.3, 0.4) is 0 Å². The van der Waals surface area contributed by atoms with E-state index in [0.29, 0.717) is 5.92 Å². The lowest BCUT2D eigenvalue weighted by Gasteiger charge is -1.98. The molecule has 1 rings (SSSR count). The molecule has 1 heterocycles. The lowest BCUT2D eigenvalue weighted by atomic mass is 10.1. The minimum atomic E-state index is 0.660. The van der Waals surface area contributed by atoms with E-state index in [9.17, 15) is 0 Å². The molecule has 0 N–H and O–H groups in total. The van der Waals surface area contributed by atoms with Crippen LogP contribution >= 0.6 is 0 Å². The van der Waals surface area contributed by atoms with Gasteiger partial charge in [-0.05, 0) is 24.5 Å². The van der Waals surface area contributed by atoms with Gasteiger partial charge in [-0.15, -0.1) is 0 Å². The predicted molar refractivity (Wildman–Crippen MR) is 44.2 cm³/mol. The molecule has 0 fully saturated rings. The standard InChI is InChI=1S/C9H15N/c1-4-10-6-5-9(7-10)8(2)3/h5-8H,4H2,1-3H3. The zero-order valence-electron chi connectivity index (χ0n) is 6.96. The van der Waals surface area contributed by atoms with Gasteiger partial charge in [-0.1, -0.05) is 13.8 Å². The molecule has 0 aliphatic heterocycles. The highest BCUT2D eigenvalue weighted by molar-refractivity contribution is 5.13. The highest BCUT2D eigenvalue weighted by atomic mass is 14.9. The number of nitrogens with zero attached hydrogens (tertiary/aromatic N) is 1. The number of hydrogen-bond donors (Lipinski definition) is 0. The zero-order valence-corrected chi connectivity index (χ0v) is 6.96. The van der Waals surface area contributed by atoms with E-state index in [4.69, 9.17) is 0 Å². The first-order valence-corrected chi connectivity index (χ1v) is 3.89. The molecule has 0 saturated heterocycles. The Morgan fingerprint density at radius 2 is 2.20 bits per heavy atom. The Balaban J connectivity index is 2.78. The van der Waals surface area contributed by atoms with Gasteiger partial charge >= 0.3 is 0 Å². The monoisotopic (exact) mass is 137 g/mol. The minimum absolute atomic E-state index is 0.660. The second-order valence-electron chi connectivity index (χ2n) is 2.93. The topological polar surface area (TPSA) is 4.93 Å². The molecule has 10 heavy (non-hydrogen) atoms. The third-order valence-corrected chi connectivity index (χ3v) is 1.81. The molecule has 1 heteroatoms. The van der Waals surface area contributed by atoms with Gasteiger partial charge in [0.15, 0.2) is 0 Å². The van der Waals surface area contributed by atoms with Crippen LogP contribution in [0, 0.1) is 0 Å². The Morgan fingerprint density at radius 1 is 1.50 bits per heavy atom. The number of aryl methyl sites for hydroxylation is 1. The van der Waals surface area contributed by atoms with E-state index >= 15 is 0 Å². The van der Waals surface area contributed by atoms with Gasteiger partial charge in [0.1, 0.15) is 0 Å². The highest BCUT2D eigenvalue weighted by Gasteiger charge is 1.98. The summed E-state index contributed by atoms with van der Waals surface area (Å²) in [7, 11) is 0. The first-order chi connectivity index (χ1) is 4.74. The van der Waals surface area contributed by atoms with Crippen LogP contribution in [0.1, 0.15) is 32.3 Å². The van der Waals surface area contributed by atoms with Gasteiger partial charge in [-0.2, -0.15) is 0 Å². The van der Waals surface area contributed by atoms with E-state index in [2.05, 4.69) is 43.8 Å². The molecule has 0 unspecified atom stereocenters. The Morgan fingerprint density at radius 3 is 2.50 bits per heavy atom. The van der Waals surface area contributed by atoms with Crippen LogP contribution < -0.4 is 0 Å². The summed E-state index contributed by atoms with van der Waals surface area (Å²) in [6.45, 7) is 7.67. The van der Waals surface area contributed by atoms with Crippen molar-refractivity contribution in [3.05, 3.63) is 24.0 Å². The third-order valence-electron chi connectivity index (χ3n) is 1.81. The van der Waals surface area contributed by atoms with Crippen molar-refractivity contribution in [2.75, 3.05) is 0 Å². The molecular weight excluding hydrogens is 122 g/mol. The molecule has 0 amide bonds. The van der Waals surface area contributed by atoms with Crippen LogP contribution in [0.5, 0.6) is 0 Å². The largest absolute Gasteiger partial charge is 0.354 e. The third kappa shape index (κ3) is 1.41. The van der Waals surface area contributed by atoms with Crippen molar-refractivity contribution in [3.63, 3.8) is 0 Å². The van der Waals surface area contributed by atoms with Crippen molar-refractivity contribution in [2.45, 2.75) is 33.2 Å². The molecule has 1 nitrogen and oxygen atoms in total. The van der Waals surface area contributed by atoms with E-state index in [1.807, 2.05) is 0 Å². The number of rotatable bonds is 2. The maximum absolute atomic E-state index is 2.22. The summed E-state index contributed by atoms with van der Waals surface area (Å²) in [5.41, 5.74) is 1.43. The summed E-state index contributed by atoms with van der Waals surface area (Å²) in [6.07, 6.45) is 4.35. The van der Waals surface area contributed by atoms with Crippen LogP contribution in [-0.4, -0.2) is 4.57 Å². The Bertz CT molecular complexity index is 198. The lowest BCUT2D eigenvalue weighted by Crippen LogP contribution is -1.88. The Labute approximate surface area is 62.7 Å². The molecule has 1 aromatic heterocycles. The lowest BCUT2D eigenvalue weighted by molar-refractivity contribution is 0.758. The summed E-state index contributed by atoms with van der Waals surface area (Å²) in [4.78, 5) is 0. The zero-order chi connectivity index (χ0) is 7.56. The molecule has 0 aromatic carbocycles. The summed E-state index contributed by atoms with van der Waals surface area (Å²) < 4.78 is 2.20. The van der Waals surface area contributed by atoms with Crippen molar-refractivity contribution < 1.29 is 0 Å². The van der Waals surface area contributed by atoms with Gasteiger partial charge in [0.2, 0.25) is 0 Å². The van der Waals surface area contributed by atoms with Crippen molar-refractivity contribution in [3.8, 4) is 0 Å². The fraction of sp³-hybridized carbons (Fsp3) is 0.556. The van der Waals surface area contributed by atoms with Crippen molar-refractivity contribution in [2.24, 2.45) is 0 Å². The van der Waals surface area contributed by atoms with Crippen LogP contribution in [0.2, 0.25) is 0 Å². The average molecular weight is 137 g/mol. The van der Waals surface area contributed by atoms with E-state index < -0.39 is 0 Å². The maximum Gasteiger partial charge on any atom is 0.0191 e. The molecular formula is C9H15N. The fourth-order valence-corrected chi connectivity index (χ4v) is 0.998. The van der Waals surface area contributed by atoms with Gasteiger partial charge in [-0.3, -0.25) is 0 Å². The minimum Gasteiger partial charge on any atom is -0.354 e. The van der Waals surface area contributed by atoms with Crippen LogP contribution in [0.15, 0.2) is 18.5 Å². The molecule has 56 valence electrons. The van der Waals surface area contributed by atoms with Crippen LogP contribution in [-0.2, 0) is 6.54 Å². The molecule has 0 saturated carbocycles. The van der Waals surface area contributed by atoms with Gasteiger partial charge in [0.05, 0.1) is 0 Å². The van der Waals surface area contributed by atoms with Crippen molar-refractivity contribution in [1.29, 1.82) is 0 Å². The van der Waals surface area contributed by atoms with E-state index in [-0.39, 0.29) is 0 Å². The summed E-state index contributed by atoms with van der Waals surface area (Å²) in [5, 5.41) is 0. The highest BCUT2D eigenvalue weighted by Crippen LogP contribution is 2.13. The molecule has 0 aliphatic rings. The van der Waals surface area contributed by atoms with Crippen LogP contribution in [0.4, 0.5) is 0 Å².